The molecule has 3 aromatic rings. The van der Waals surface area contributed by atoms with Crippen molar-refractivity contribution in [1.82, 2.24) is 9.97 Å². The molecule has 1 aliphatic heterocycles. The Labute approximate surface area is 180 Å². The van der Waals surface area contributed by atoms with Crippen LogP contribution >= 0.6 is 11.8 Å². The van der Waals surface area contributed by atoms with E-state index in [1.54, 1.807) is 30.1 Å². The van der Waals surface area contributed by atoms with E-state index >= 15 is 0 Å². The normalized spacial score (nSPS) is 15.3. The van der Waals surface area contributed by atoms with E-state index in [1.807, 2.05) is 30.3 Å². The highest BCUT2D eigenvalue weighted by Gasteiger charge is 2.22. The number of thioether (sulfide) groups is 1. The van der Waals surface area contributed by atoms with Crippen LogP contribution in [-0.4, -0.2) is 21.0 Å². The number of aryl methyl sites for hydroxylation is 1. The Morgan fingerprint density at radius 2 is 1.93 bits per heavy atom. The van der Waals surface area contributed by atoms with Crippen LogP contribution < -0.4 is 5.32 Å². The summed E-state index contributed by atoms with van der Waals surface area (Å²) in [5.74, 6) is 0.695. The largest absolute Gasteiger partial charge is 0.508 e. The number of rotatable bonds is 7. The predicted molar refractivity (Wildman–Crippen MR) is 121 cm³/mol. The standard InChI is InChI=1S/C24H23N3O2S/c28-19-13-11-18(12-14-19)20-16-25-24(23(26-20)21-9-5-15-30-21)27-22(29)10-4-8-17-6-2-1-3-7-17/h1-3,5-7,11-16,21,28H,4,8-10H2,(H,25,27,29). The van der Waals surface area contributed by atoms with Gasteiger partial charge in [0.1, 0.15) is 5.75 Å². The minimum Gasteiger partial charge on any atom is -0.508 e. The van der Waals surface area contributed by atoms with Crippen LogP contribution in [0.5, 0.6) is 5.75 Å². The van der Waals surface area contributed by atoms with E-state index in [2.05, 4.69) is 33.9 Å². The van der Waals surface area contributed by atoms with Crippen molar-refractivity contribution in [3.8, 4) is 17.0 Å². The first-order valence-electron chi connectivity index (χ1n) is 9.99. The van der Waals surface area contributed by atoms with Crippen LogP contribution in [0.15, 0.2) is 72.3 Å². The fourth-order valence-corrected chi connectivity index (χ4v) is 4.28. The third-order valence-corrected chi connectivity index (χ3v) is 6.02. The Hall–Kier alpha value is -3.12. The van der Waals surface area contributed by atoms with Gasteiger partial charge in [0.25, 0.3) is 0 Å². The third kappa shape index (κ3) is 5.07. The summed E-state index contributed by atoms with van der Waals surface area (Å²) >= 11 is 1.68. The van der Waals surface area contributed by atoms with Crippen LogP contribution in [0.3, 0.4) is 0 Å². The molecular weight excluding hydrogens is 394 g/mol. The number of aromatic nitrogens is 2. The van der Waals surface area contributed by atoms with Gasteiger partial charge < -0.3 is 10.4 Å². The number of carbonyl (C=O) groups excluding carboxylic acids is 1. The van der Waals surface area contributed by atoms with Gasteiger partial charge in [0.15, 0.2) is 5.82 Å². The van der Waals surface area contributed by atoms with Crippen LogP contribution in [0, 0.1) is 0 Å². The van der Waals surface area contributed by atoms with Gasteiger partial charge in [0, 0.05) is 12.0 Å². The average molecular weight is 418 g/mol. The number of aromatic hydroxyl groups is 1. The number of carbonyl (C=O) groups is 1. The molecule has 1 aliphatic rings. The summed E-state index contributed by atoms with van der Waals surface area (Å²) < 4.78 is 0. The molecule has 4 rings (SSSR count). The lowest BCUT2D eigenvalue weighted by Gasteiger charge is -2.15. The molecule has 0 bridgehead atoms. The van der Waals surface area contributed by atoms with Gasteiger partial charge in [-0.1, -0.05) is 36.4 Å². The lowest BCUT2D eigenvalue weighted by Crippen LogP contribution is -2.16. The third-order valence-electron chi connectivity index (χ3n) is 4.93. The Bertz CT molecular complexity index is 1030. The molecule has 6 heteroatoms. The number of amides is 1. The Morgan fingerprint density at radius 3 is 2.67 bits per heavy atom. The maximum atomic E-state index is 12.5. The van der Waals surface area contributed by atoms with Gasteiger partial charge in [-0.2, -0.15) is 0 Å². The Balaban J connectivity index is 1.47. The van der Waals surface area contributed by atoms with E-state index in [-0.39, 0.29) is 16.9 Å². The number of benzene rings is 2. The molecule has 2 heterocycles. The molecular formula is C24H23N3O2S. The quantitative estimate of drug-likeness (QED) is 0.531. The molecule has 0 fully saturated rings. The second-order valence-electron chi connectivity index (χ2n) is 7.16. The molecule has 0 radical (unpaired) electrons. The van der Waals surface area contributed by atoms with Crippen LogP contribution in [0.1, 0.15) is 35.8 Å². The van der Waals surface area contributed by atoms with Crippen molar-refractivity contribution in [2.45, 2.75) is 30.9 Å². The second kappa shape index (κ2) is 9.59. The van der Waals surface area contributed by atoms with Crippen LogP contribution in [0.4, 0.5) is 5.82 Å². The van der Waals surface area contributed by atoms with Crippen molar-refractivity contribution in [2.75, 3.05) is 5.32 Å². The highest BCUT2D eigenvalue weighted by atomic mass is 32.2. The van der Waals surface area contributed by atoms with Crippen molar-refractivity contribution in [2.24, 2.45) is 0 Å². The van der Waals surface area contributed by atoms with Crippen LogP contribution in [0.2, 0.25) is 0 Å². The lowest BCUT2D eigenvalue weighted by atomic mass is 10.1. The van der Waals surface area contributed by atoms with Gasteiger partial charge in [-0.25, -0.2) is 9.97 Å². The topological polar surface area (TPSA) is 75.1 Å². The number of phenolic OH excluding ortho intramolecular Hbond substituents is 1. The molecule has 1 atom stereocenters. The van der Waals surface area contributed by atoms with Crippen molar-refractivity contribution >= 4 is 23.5 Å². The van der Waals surface area contributed by atoms with Gasteiger partial charge in [0.05, 0.1) is 22.8 Å². The van der Waals surface area contributed by atoms with Gasteiger partial charge in [-0.05, 0) is 54.5 Å². The molecule has 0 spiro atoms. The van der Waals surface area contributed by atoms with Crippen molar-refractivity contribution in [3.05, 3.63) is 83.5 Å². The SMILES string of the molecule is O=C(CCCc1ccccc1)Nc1ncc(-c2ccc(O)cc2)nc1C1CC=CS1. The fourth-order valence-electron chi connectivity index (χ4n) is 3.35. The molecule has 1 amide bonds. The van der Waals surface area contributed by atoms with Crippen molar-refractivity contribution in [1.29, 1.82) is 0 Å². The first-order chi connectivity index (χ1) is 14.7. The smallest absolute Gasteiger partial charge is 0.225 e. The number of allylic oxidation sites excluding steroid dienone is 1. The molecule has 1 aromatic heterocycles. The molecule has 5 nitrogen and oxygen atoms in total. The number of anilines is 1. The number of hydrogen-bond acceptors (Lipinski definition) is 5. The summed E-state index contributed by atoms with van der Waals surface area (Å²) in [6.45, 7) is 0. The van der Waals surface area contributed by atoms with E-state index in [1.165, 1.54) is 5.56 Å². The zero-order valence-electron chi connectivity index (χ0n) is 16.5. The maximum absolute atomic E-state index is 12.5. The van der Waals surface area contributed by atoms with Crippen LogP contribution in [0.25, 0.3) is 11.3 Å². The number of hydrogen-bond donors (Lipinski definition) is 2. The van der Waals surface area contributed by atoms with E-state index in [0.29, 0.717) is 12.2 Å². The zero-order valence-corrected chi connectivity index (χ0v) is 17.3. The Morgan fingerprint density at radius 1 is 1.13 bits per heavy atom. The highest BCUT2D eigenvalue weighted by Crippen LogP contribution is 2.40. The molecule has 0 saturated carbocycles. The minimum atomic E-state index is -0.0465. The molecule has 2 N–H and O–H groups in total. The minimum absolute atomic E-state index is 0.0465. The summed E-state index contributed by atoms with van der Waals surface area (Å²) in [4.78, 5) is 21.9. The first kappa shape index (κ1) is 20.2. The summed E-state index contributed by atoms with van der Waals surface area (Å²) in [6.07, 6.45) is 6.72. The fraction of sp³-hybridized carbons (Fsp3) is 0.208. The predicted octanol–water partition coefficient (Wildman–Crippen LogP) is 5.50. The summed E-state index contributed by atoms with van der Waals surface area (Å²) in [5, 5.41) is 14.7. The van der Waals surface area contributed by atoms with Crippen LogP contribution in [-0.2, 0) is 11.2 Å². The number of nitrogens with zero attached hydrogens (tertiary/aromatic N) is 2. The van der Waals surface area contributed by atoms with Crippen molar-refractivity contribution < 1.29 is 9.90 Å². The van der Waals surface area contributed by atoms with E-state index in [0.717, 1.165) is 36.2 Å². The first-order valence-corrected chi connectivity index (χ1v) is 10.9. The Kier molecular flexibility index (Phi) is 6.44. The summed E-state index contributed by atoms with van der Waals surface area (Å²) in [5.41, 5.74) is 3.61. The number of phenols is 1. The maximum Gasteiger partial charge on any atom is 0.225 e. The molecule has 0 saturated heterocycles. The van der Waals surface area contributed by atoms with E-state index in [9.17, 15) is 9.90 Å². The van der Waals surface area contributed by atoms with Gasteiger partial charge in [-0.15, -0.1) is 11.8 Å². The zero-order chi connectivity index (χ0) is 20.8. The summed E-state index contributed by atoms with van der Waals surface area (Å²) in [6, 6.07) is 17.1. The number of nitrogens with one attached hydrogen (secondary N) is 1. The van der Waals surface area contributed by atoms with E-state index in [4.69, 9.17) is 4.98 Å². The summed E-state index contributed by atoms with van der Waals surface area (Å²) in [7, 11) is 0. The van der Waals surface area contributed by atoms with Gasteiger partial charge in [0.2, 0.25) is 5.91 Å². The molecule has 2 aromatic carbocycles. The van der Waals surface area contributed by atoms with E-state index < -0.39 is 0 Å². The monoisotopic (exact) mass is 417 g/mol. The average Bonchev–Trinajstić information content (AvgIpc) is 3.30. The lowest BCUT2D eigenvalue weighted by molar-refractivity contribution is -0.116. The molecule has 30 heavy (non-hydrogen) atoms. The van der Waals surface area contributed by atoms with Crippen molar-refractivity contribution in [3.63, 3.8) is 0 Å². The molecule has 0 aliphatic carbocycles. The second-order valence-corrected chi connectivity index (χ2v) is 8.27. The van der Waals surface area contributed by atoms with Gasteiger partial charge >= 0.3 is 0 Å². The molecule has 1 unspecified atom stereocenters. The molecule has 152 valence electrons. The highest BCUT2D eigenvalue weighted by molar-refractivity contribution is 8.02. The van der Waals surface area contributed by atoms with Gasteiger partial charge in [-0.3, -0.25) is 4.79 Å².